The van der Waals surface area contributed by atoms with Crippen molar-refractivity contribution in [1.29, 1.82) is 0 Å². The molecule has 0 atom stereocenters. The van der Waals surface area contributed by atoms with E-state index in [0.717, 1.165) is 0 Å². The van der Waals surface area contributed by atoms with Crippen LogP contribution in [0, 0.1) is 6.92 Å². The number of halogens is 1. The number of aromatic nitrogens is 3. The van der Waals surface area contributed by atoms with Crippen LogP contribution in [-0.4, -0.2) is 31.1 Å². The van der Waals surface area contributed by atoms with Crippen molar-refractivity contribution in [2.24, 2.45) is 0 Å². The van der Waals surface area contributed by atoms with Gasteiger partial charge in [-0.3, -0.25) is 0 Å². The average Bonchev–Trinajstić information content (AvgIpc) is 2.42. The minimum atomic E-state index is -1.16. The second-order valence-electron chi connectivity index (χ2n) is 4.35. The molecule has 0 saturated carbocycles. The minimum Gasteiger partial charge on any atom is -0.333 e. The number of rotatable bonds is 0. The first-order valence-corrected chi connectivity index (χ1v) is 4.60. The van der Waals surface area contributed by atoms with Crippen molar-refractivity contribution in [1.82, 2.24) is 19.6 Å². The highest BCUT2D eigenvalue weighted by Gasteiger charge is 2.30. The normalized spacial score (nSPS) is 11.6. The molecule has 0 aliphatic carbocycles. The molecule has 2 N–H and O–H groups in total. The maximum atomic E-state index is 13.5. The molecule has 1 aromatic heterocycles. The molecule has 1 heterocycles. The van der Waals surface area contributed by atoms with E-state index < -0.39 is 17.3 Å². The summed E-state index contributed by atoms with van der Waals surface area (Å²) in [6.45, 7) is 5.90. The Hall–Kier alpha value is -1.86. The lowest BCUT2D eigenvalue weighted by Crippen LogP contribution is -2.46. The summed E-state index contributed by atoms with van der Waals surface area (Å²) in [5, 5.41) is 3.49. The third-order valence-corrected chi connectivity index (χ3v) is 1.92. The highest BCUT2D eigenvalue weighted by atomic mass is 19.2. The molecule has 0 aromatic carbocycles. The van der Waals surface area contributed by atoms with Gasteiger partial charge in [0.2, 0.25) is 0 Å². The zero-order valence-electron chi connectivity index (χ0n) is 9.56. The van der Waals surface area contributed by atoms with Crippen molar-refractivity contribution >= 4 is 6.03 Å². The molecule has 0 aliphatic heterocycles. The standard InChI is InChI=1S/C8H14FN5O2/c1-5-11-13(6(15)12(5)10)7(16)14(9)8(2,3)4/h10H2,1-4H3. The fourth-order valence-electron chi connectivity index (χ4n) is 0.971. The minimum absolute atomic E-state index is 0.0686. The zero-order chi connectivity index (χ0) is 12.7. The highest BCUT2D eigenvalue weighted by Crippen LogP contribution is 2.14. The molecule has 0 radical (unpaired) electrons. The molecule has 7 nitrogen and oxygen atoms in total. The summed E-state index contributed by atoms with van der Waals surface area (Å²) in [4.78, 5) is 22.9. The van der Waals surface area contributed by atoms with E-state index in [-0.39, 0.29) is 10.9 Å². The maximum absolute atomic E-state index is 13.5. The third kappa shape index (κ3) is 1.90. The van der Waals surface area contributed by atoms with E-state index in [1.807, 2.05) is 0 Å². The highest BCUT2D eigenvalue weighted by molar-refractivity contribution is 5.75. The number of carbonyl (C=O) groups excluding carboxylic acids is 1. The van der Waals surface area contributed by atoms with E-state index in [2.05, 4.69) is 5.10 Å². The van der Waals surface area contributed by atoms with Crippen molar-refractivity contribution in [3.63, 3.8) is 0 Å². The van der Waals surface area contributed by atoms with Crippen molar-refractivity contribution in [2.45, 2.75) is 33.2 Å². The first kappa shape index (κ1) is 12.2. The number of nitrogens with zero attached hydrogens (tertiary/aromatic N) is 4. The summed E-state index contributed by atoms with van der Waals surface area (Å²) in [5.74, 6) is 5.40. The molecule has 8 heteroatoms. The third-order valence-electron chi connectivity index (χ3n) is 1.92. The topological polar surface area (TPSA) is 86.2 Å². The first-order valence-electron chi connectivity index (χ1n) is 4.60. The van der Waals surface area contributed by atoms with Crippen LogP contribution >= 0.6 is 0 Å². The molecule has 1 rings (SSSR count). The van der Waals surface area contributed by atoms with E-state index in [4.69, 9.17) is 5.84 Å². The van der Waals surface area contributed by atoms with Gasteiger partial charge in [0.15, 0.2) is 5.82 Å². The van der Waals surface area contributed by atoms with Crippen LogP contribution < -0.4 is 11.5 Å². The summed E-state index contributed by atoms with van der Waals surface area (Å²) in [7, 11) is 0. The van der Waals surface area contributed by atoms with Crippen molar-refractivity contribution in [2.75, 3.05) is 5.84 Å². The molecule has 0 aliphatic rings. The predicted molar refractivity (Wildman–Crippen MR) is 54.9 cm³/mol. The summed E-state index contributed by atoms with van der Waals surface area (Å²) < 4.78 is 14.6. The van der Waals surface area contributed by atoms with Crippen LogP contribution in [0.2, 0.25) is 0 Å². The van der Waals surface area contributed by atoms with E-state index >= 15 is 0 Å². The Morgan fingerprint density at radius 2 is 2.00 bits per heavy atom. The molecule has 0 unspecified atom stereocenters. The van der Waals surface area contributed by atoms with Crippen LogP contribution in [0.1, 0.15) is 26.6 Å². The predicted octanol–water partition coefficient (Wildman–Crippen LogP) is 0.0201. The Balaban J connectivity index is 3.17. The summed E-state index contributed by atoms with van der Waals surface area (Å²) in [5.41, 5.74) is -1.93. The molecule has 0 spiro atoms. The van der Waals surface area contributed by atoms with Gasteiger partial charge in [0.1, 0.15) is 0 Å². The molecule has 0 fully saturated rings. The Labute approximate surface area is 91.2 Å². The Bertz CT molecular complexity index is 470. The summed E-state index contributed by atoms with van der Waals surface area (Å²) in [6.07, 6.45) is 0. The molecule has 1 amide bonds. The number of amides is 1. The van der Waals surface area contributed by atoms with E-state index in [1.165, 1.54) is 27.7 Å². The Kier molecular flexibility index (Phi) is 2.76. The molecule has 0 bridgehead atoms. The van der Waals surface area contributed by atoms with Gasteiger partial charge in [-0.1, -0.05) is 4.48 Å². The van der Waals surface area contributed by atoms with Crippen LogP contribution in [0.5, 0.6) is 0 Å². The van der Waals surface area contributed by atoms with Gasteiger partial charge in [-0.05, 0) is 27.7 Å². The second-order valence-corrected chi connectivity index (χ2v) is 4.35. The quantitative estimate of drug-likeness (QED) is 0.503. The van der Waals surface area contributed by atoms with Crippen LogP contribution in [0.4, 0.5) is 9.28 Å². The van der Waals surface area contributed by atoms with E-state index in [9.17, 15) is 14.1 Å². The fraction of sp³-hybridized carbons (Fsp3) is 0.625. The van der Waals surface area contributed by atoms with Gasteiger partial charge in [-0.2, -0.15) is 9.80 Å². The molecule has 90 valence electrons. The number of hydrogen-bond acceptors (Lipinski definition) is 4. The molecule has 16 heavy (non-hydrogen) atoms. The lowest BCUT2D eigenvalue weighted by atomic mass is 10.1. The fourth-order valence-corrected chi connectivity index (χ4v) is 0.971. The van der Waals surface area contributed by atoms with Gasteiger partial charge in [0, 0.05) is 0 Å². The Morgan fingerprint density at radius 1 is 1.50 bits per heavy atom. The van der Waals surface area contributed by atoms with Gasteiger partial charge < -0.3 is 5.84 Å². The smallest absolute Gasteiger partial charge is 0.333 e. The van der Waals surface area contributed by atoms with Crippen LogP contribution in [0.3, 0.4) is 0 Å². The number of nitrogen functional groups attached to an aromatic ring is 1. The van der Waals surface area contributed by atoms with Crippen LogP contribution in [-0.2, 0) is 0 Å². The van der Waals surface area contributed by atoms with Crippen LogP contribution in [0.25, 0.3) is 0 Å². The summed E-state index contributed by atoms with van der Waals surface area (Å²) >= 11 is 0. The maximum Gasteiger partial charge on any atom is 0.377 e. The zero-order valence-corrected chi connectivity index (χ0v) is 9.56. The number of nitrogens with two attached hydrogens (primary N) is 1. The first-order chi connectivity index (χ1) is 7.16. The monoisotopic (exact) mass is 231 g/mol. The lowest BCUT2D eigenvalue weighted by molar-refractivity contribution is -0.0121. The van der Waals surface area contributed by atoms with Crippen LogP contribution in [0.15, 0.2) is 4.79 Å². The largest absolute Gasteiger partial charge is 0.377 e. The Morgan fingerprint density at radius 3 is 2.31 bits per heavy atom. The van der Waals surface area contributed by atoms with Gasteiger partial charge >= 0.3 is 11.7 Å². The van der Waals surface area contributed by atoms with Crippen molar-refractivity contribution in [3.8, 4) is 0 Å². The number of carbonyl (C=O) groups is 1. The SMILES string of the molecule is Cc1nn(C(=O)N(F)C(C)(C)C)c(=O)n1N. The van der Waals surface area contributed by atoms with Crippen molar-refractivity contribution in [3.05, 3.63) is 16.3 Å². The summed E-state index contributed by atoms with van der Waals surface area (Å²) in [6, 6.07) is -1.16. The van der Waals surface area contributed by atoms with Gasteiger partial charge in [-0.15, -0.1) is 9.78 Å². The lowest BCUT2D eigenvalue weighted by Gasteiger charge is -2.25. The molecular weight excluding hydrogens is 217 g/mol. The molecular formula is C8H14FN5O2. The molecule has 0 saturated heterocycles. The van der Waals surface area contributed by atoms with Crippen molar-refractivity contribution < 1.29 is 9.28 Å². The van der Waals surface area contributed by atoms with E-state index in [1.54, 1.807) is 0 Å². The second kappa shape index (κ2) is 3.62. The van der Waals surface area contributed by atoms with E-state index in [0.29, 0.717) is 9.36 Å². The average molecular weight is 231 g/mol. The van der Waals surface area contributed by atoms with Gasteiger partial charge in [0.25, 0.3) is 0 Å². The number of hydrogen-bond donors (Lipinski definition) is 1. The number of aryl methyl sites for hydroxylation is 1. The van der Waals surface area contributed by atoms with Gasteiger partial charge in [0.05, 0.1) is 5.54 Å². The van der Waals surface area contributed by atoms with Gasteiger partial charge in [-0.25, -0.2) is 9.59 Å². The molecule has 1 aromatic rings.